The third kappa shape index (κ3) is 4.65. The van der Waals surface area contributed by atoms with Crippen molar-refractivity contribution in [2.75, 3.05) is 18.4 Å². The van der Waals surface area contributed by atoms with Crippen LogP contribution in [-0.2, 0) is 7.05 Å². The third-order valence-corrected chi connectivity index (χ3v) is 5.76. The molecule has 0 aliphatic carbocycles. The van der Waals surface area contributed by atoms with Gasteiger partial charge in [0.1, 0.15) is 17.2 Å². The molecule has 8 heteroatoms. The smallest absolute Gasteiger partial charge is 0.270 e. The van der Waals surface area contributed by atoms with Crippen LogP contribution in [-0.4, -0.2) is 39.6 Å². The SMILES string of the molecule is Cc1ccc(Nc2nc3cc(Oc4ccnc(C(=O)N[C@@H]5CCNC5)c4)ccc3n2C)cc1. The van der Waals surface area contributed by atoms with E-state index in [0.717, 1.165) is 42.2 Å². The molecule has 4 aromatic rings. The first-order valence-corrected chi connectivity index (χ1v) is 11.0. The molecule has 33 heavy (non-hydrogen) atoms. The number of benzene rings is 2. The molecule has 1 aliphatic rings. The van der Waals surface area contributed by atoms with Crippen LogP contribution >= 0.6 is 0 Å². The summed E-state index contributed by atoms with van der Waals surface area (Å²) in [4.78, 5) is 21.4. The van der Waals surface area contributed by atoms with Crippen LogP contribution in [0.4, 0.5) is 11.6 Å². The number of rotatable bonds is 6. The van der Waals surface area contributed by atoms with Gasteiger partial charge in [-0.05, 0) is 50.2 Å². The highest BCUT2D eigenvalue weighted by molar-refractivity contribution is 5.92. The minimum Gasteiger partial charge on any atom is -0.457 e. The minimum absolute atomic E-state index is 0.137. The van der Waals surface area contributed by atoms with Gasteiger partial charge in [0.2, 0.25) is 5.95 Å². The molecule has 3 heterocycles. The summed E-state index contributed by atoms with van der Waals surface area (Å²) >= 11 is 0. The molecule has 0 bridgehead atoms. The lowest BCUT2D eigenvalue weighted by Gasteiger charge is -2.11. The monoisotopic (exact) mass is 442 g/mol. The number of fused-ring (bicyclic) bond motifs is 1. The summed E-state index contributed by atoms with van der Waals surface area (Å²) in [5.41, 5.74) is 4.32. The molecule has 5 rings (SSSR count). The predicted octanol–water partition coefficient (Wildman–Crippen LogP) is 3.90. The first-order valence-electron chi connectivity index (χ1n) is 11.0. The largest absolute Gasteiger partial charge is 0.457 e. The predicted molar refractivity (Wildman–Crippen MR) is 128 cm³/mol. The van der Waals surface area contributed by atoms with Gasteiger partial charge in [0, 0.05) is 43.7 Å². The van der Waals surface area contributed by atoms with E-state index in [0.29, 0.717) is 17.2 Å². The number of pyridine rings is 1. The topological polar surface area (TPSA) is 93.1 Å². The van der Waals surface area contributed by atoms with Gasteiger partial charge in [0.15, 0.2) is 0 Å². The number of nitrogens with zero attached hydrogens (tertiary/aromatic N) is 3. The second-order valence-electron chi connectivity index (χ2n) is 8.28. The first kappa shape index (κ1) is 21.0. The van der Waals surface area contributed by atoms with E-state index < -0.39 is 0 Å². The molecule has 8 nitrogen and oxygen atoms in total. The average Bonchev–Trinajstić information content (AvgIpc) is 3.43. The van der Waals surface area contributed by atoms with E-state index in [4.69, 9.17) is 9.72 Å². The molecular formula is C25H26N6O2. The van der Waals surface area contributed by atoms with Gasteiger partial charge in [0.05, 0.1) is 11.0 Å². The Morgan fingerprint density at radius 1 is 1.12 bits per heavy atom. The second kappa shape index (κ2) is 8.91. The second-order valence-corrected chi connectivity index (χ2v) is 8.28. The molecule has 0 spiro atoms. The van der Waals surface area contributed by atoms with E-state index in [9.17, 15) is 4.79 Å². The van der Waals surface area contributed by atoms with Crippen molar-refractivity contribution in [3.8, 4) is 11.5 Å². The number of carbonyl (C=O) groups is 1. The van der Waals surface area contributed by atoms with Crippen LogP contribution in [0, 0.1) is 6.92 Å². The number of aryl methyl sites for hydroxylation is 2. The van der Waals surface area contributed by atoms with E-state index in [2.05, 4.69) is 40.0 Å². The average molecular weight is 443 g/mol. The molecule has 1 amide bonds. The van der Waals surface area contributed by atoms with E-state index >= 15 is 0 Å². The standard InChI is InChI=1S/C25H26N6O2/c1-16-3-5-17(6-4-16)29-25-30-21-13-19(7-8-23(21)31(25)2)33-20-10-12-27-22(14-20)24(32)28-18-9-11-26-15-18/h3-8,10,12-14,18,26H,9,11,15H2,1-2H3,(H,28,32)(H,29,30)/t18-/m1/s1. The van der Waals surface area contributed by atoms with Gasteiger partial charge in [-0.1, -0.05) is 17.7 Å². The van der Waals surface area contributed by atoms with Crippen molar-refractivity contribution in [1.82, 2.24) is 25.2 Å². The zero-order valence-electron chi connectivity index (χ0n) is 18.6. The van der Waals surface area contributed by atoms with E-state index in [1.807, 2.05) is 41.9 Å². The molecule has 3 N–H and O–H groups in total. The quantitative estimate of drug-likeness (QED) is 0.419. The molecule has 0 radical (unpaired) electrons. The summed E-state index contributed by atoms with van der Waals surface area (Å²) in [5.74, 6) is 1.74. The summed E-state index contributed by atoms with van der Waals surface area (Å²) in [5, 5.41) is 9.60. The zero-order valence-corrected chi connectivity index (χ0v) is 18.6. The zero-order chi connectivity index (χ0) is 22.8. The number of aromatic nitrogens is 3. The van der Waals surface area contributed by atoms with E-state index in [1.165, 1.54) is 5.56 Å². The van der Waals surface area contributed by atoms with Crippen molar-refractivity contribution in [2.24, 2.45) is 7.05 Å². The fourth-order valence-electron chi connectivity index (χ4n) is 3.89. The number of hydrogen-bond donors (Lipinski definition) is 3. The fourth-order valence-corrected chi connectivity index (χ4v) is 3.89. The Balaban J connectivity index is 1.33. The van der Waals surface area contributed by atoms with Crippen molar-refractivity contribution in [3.63, 3.8) is 0 Å². The number of anilines is 2. The molecule has 1 fully saturated rings. The lowest BCUT2D eigenvalue weighted by atomic mass is 10.2. The third-order valence-electron chi connectivity index (χ3n) is 5.76. The van der Waals surface area contributed by atoms with Crippen LogP contribution in [0.2, 0.25) is 0 Å². The van der Waals surface area contributed by atoms with Gasteiger partial charge in [-0.15, -0.1) is 0 Å². The number of hydrogen-bond acceptors (Lipinski definition) is 6. The van der Waals surface area contributed by atoms with Gasteiger partial charge in [-0.2, -0.15) is 0 Å². The maximum atomic E-state index is 12.5. The Labute approximate surface area is 192 Å². The van der Waals surface area contributed by atoms with Gasteiger partial charge in [-0.3, -0.25) is 9.78 Å². The molecule has 2 aromatic heterocycles. The Hall–Kier alpha value is -3.91. The van der Waals surface area contributed by atoms with Gasteiger partial charge >= 0.3 is 0 Å². The summed E-state index contributed by atoms with van der Waals surface area (Å²) in [6.45, 7) is 3.76. The van der Waals surface area contributed by atoms with Crippen molar-refractivity contribution in [1.29, 1.82) is 0 Å². The first-order chi connectivity index (χ1) is 16.0. The highest BCUT2D eigenvalue weighted by atomic mass is 16.5. The molecule has 1 saturated heterocycles. The van der Waals surface area contributed by atoms with Crippen LogP contribution in [0.5, 0.6) is 11.5 Å². The van der Waals surface area contributed by atoms with Gasteiger partial charge in [-0.25, -0.2) is 4.98 Å². The normalized spacial score (nSPS) is 15.5. The summed E-state index contributed by atoms with van der Waals surface area (Å²) in [6.07, 6.45) is 2.51. The highest BCUT2D eigenvalue weighted by Crippen LogP contribution is 2.28. The minimum atomic E-state index is -0.193. The van der Waals surface area contributed by atoms with Crippen LogP contribution in [0.1, 0.15) is 22.5 Å². The van der Waals surface area contributed by atoms with E-state index in [-0.39, 0.29) is 11.9 Å². The van der Waals surface area contributed by atoms with Crippen molar-refractivity contribution in [2.45, 2.75) is 19.4 Å². The van der Waals surface area contributed by atoms with Crippen molar-refractivity contribution >= 4 is 28.6 Å². The Bertz CT molecular complexity index is 1290. The summed E-state index contributed by atoms with van der Waals surface area (Å²) in [7, 11) is 1.97. The molecule has 0 unspecified atom stereocenters. The molecule has 0 saturated carbocycles. The number of imidazole rings is 1. The lowest BCUT2D eigenvalue weighted by molar-refractivity contribution is 0.0934. The van der Waals surface area contributed by atoms with Crippen molar-refractivity contribution in [3.05, 3.63) is 72.1 Å². The highest BCUT2D eigenvalue weighted by Gasteiger charge is 2.18. The van der Waals surface area contributed by atoms with Crippen molar-refractivity contribution < 1.29 is 9.53 Å². The summed E-state index contributed by atoms with van der Waals surface area (Å²) < 4.78 is 8.03. The van der Waals surface area contributed by atoms with Gasteiger partial charge in [0.25, 0.3) is 5.91 Å². The molecule has 1 aliphatic heterocycles. The van der Waals surface area contributed by atoms with Crippen LogP contribution < -0.4 is 20.7 Å². The van der Waals surface area contributed by atoms with Crippen LogP contribution in [0.15, 0.2) is 60.8 Å². The Morgan fingerprint density at radius 3 is 2.73 bits per heavy atom. The maximum absolute atomic E-state index is 12.5. The summed E-state index contributed by atoms with van der Waals surface area (Å²) in [6, 6.07) is 17.5. The van der Waals surface area contributed by atoms with E-state index in [1.54, 1.807) is 18.3 Å². The Morgan fingerprint density at radius 2 is 1.94 bits per heavy atom. The molecular weight excluding hydrogens is 416 g/mol. The van der Waals surface area contributed by atoms with Crippen LogP contribution in [0.3, 0.4) is 0 Å². The number of carbonyl (C=O) groups excluding carboxylic acids is 1. The number of amides is 1. The van der Waals surface area contributed by atoms with Gasteiger partial charge < -0.3 is 25.3 Å². The Kier molecular flexibility index (Phi) is 5.66. The van der Waals surface area contributed by atoms with Crippen LogP contribution in [0.25, 0.3) is 11.0 Å². The lowest BCUT2D eigenvalue weighted by Crippen LogP contribution is -2.36. The maximum Gasteiger partial charge on any atom is 0.270 e. The number of ether oxygens (including phenoxy) is 1. The number of nitrogens with one attached hydrogen (secondary N) is 3. The fraction of sp³-hybridized carbons (Fsp3) is 0.240. The molecule has 1 atom stereocenters. The molecule has 2 aromatic carbocycles. The molecule has 168 valence electrons.